The highest BCUT2D eigenvalue weighted by Gasteiger charge is 2.20. The van der Waals surface area contributed by atoms with Gasteiger partial charge in [0.15, 0.2) is 11.5 Å². The van der Waals surface area contributed by atoms with Crippen LogP contribution in [0.15, 0.2) is 18.2 Å². The van der Waals surface area contributed by atoms with Gasteiger partial charge in [0.25, 0.3) is 5.69 Å². The van der Waals surface area contributed by atoms with Crippen molar-refractivity contribution in [3.63, 3.8) is 0 Å². The molecule has 1 unspecified atom stereocenters. The zero-order chi connectivity index (χ0) is 18.2. The fourth-order valence-corrected chi connectivity index (χ4v) is 2.76. The van der Waals surface area contributed by atoms with E-state index >= 15 is 0 Å². The van der Waals surface area contributed by atoms with Crippen LogP contribution in [0.4, 0.5) is 5.69 Å². The molecule has 0 radical (unpaired) electrons. The van der Waals surface area contributed by atoms with Crippen LogP contribution in [0.5, 0.6) is 11.5 Å². The second kappa shape index (κ2) is 9.52. The maximum Gasteiger partial charge on any atom is 0.273 e. The average molecular weight is 355 g/mol. The number of benzene rings is 1. The summed E-state index contributed by atoms with van der Waals surface area (Å²) in [5.74, 6) is 0.624. The number of non-ortho nitro benzene ring substituents is 1. The van der Waals surface area contributed by atoms with Crippen LogP contribution in [-0.2, 0) is 0 Å². The molecule has 0 bridgehead atoms. The van der Waals surface area contributed by atoms with Crippen molar-refractivity contribution in [2.45, 2.75) is 6.10 Å². The Bertz CT molecular complexity index is 563. The Labute approximate surface area is 146 Å². The minimum atomic E-state index is -0.677. The number of nitro benzene ring substituents is 1. The van der Waals surface area contributed by atoms with E-state index in [1.54, 1.807) is 0 Å². The molecule has 0 amide bonds. The zero-order valence-electron chi connectivity index (χ0n) is 14.3. The average Bonchev–Trinajstić information content (AvgIpc) is 2.61. The SMILES string of the molecule is COc1cc([N+](=O)[O-])ccc1OCC(O)CN1CCN(CCO)CC1. The molecule has 0 aliphatic carbocycles. The van der Waals surface area contributed by atoms with Gasteiger partial charge in [-0.15, -0.1) is 0 Å². The first kappa shape index (κ1) is 19.4. The molecule has 0 spiro atoms. The molecule has 1 fully saturated rings. The van der Waals surface area contributed by atoms with Gasteiger partial charge in [-0.05, 0) is 6.07 Å². The molecule has 1 atom stereocenters. The molecule has 140 valence electrons. The summed E-state index contributed by atoms with van der Waals surface area (Å²) in [4.78, 5) is 14.6. The molecule has 1 heterocycles. The molecule has 9 nitrogen and oxygen atoms in total. The highest BCUT2D eigenvalue weighted by molar-refractivity contribution is 5.48. The van der Waals surface area contributed by atoms with E-state index in [1.165, 1.54) is 25.3 Å². The Kier molecular flexibility index (Phi) is 7.38. The number of ether oxygens (including phenoxy) is 2. The minimum Gasteiger partial charge on any atom is -0.493 e. The molecule has 1 aliphatic heterocycles. The number of nitrogens with zero attached hydrogens (tertiary/aromatic N) is 3. The molecule has 2 N–H and O–H groups in total. The van der Waals surface area contributed by atoms with Gasteiger partial charge in [0.1, 0.15) is 12.7 Å². The number of methoxy groups -OCH3 is 1. The van der Waals surface area contributed by atoms with Gasteiger partial charge in [-0.25, -0.2) is 0 Å². The lowest BCUT2D eigenvalue weighted by atomic mass is 10.2. The Morgan fingerprint density at radius 3 is 2.52 bits per heavy atom. The predicted octanol–water partition coefficient (Wildman–Crippen LogP) is -0.0470. The van der Waals surface area contributed by atoms with E-state index < -0.39 is 11.0 Å². The molecule has 0 saturated carbocycles. The van der Waals surface area contributed by atoms with Crippen molar-refractivity contribution in [2.75, 3.05) is 59.6 Å². The topological polar surface area (TPSA) is 109 Å². The van der Waals surface area contributed by atoms with Crippen LogP contribution in [0.1, 0.15) is 0 Å². The monoisotopic (exact) mass is 355 g/mol. The standard InChI is InChI=1S/C16H25N3O6/c1-24-16-10-13(19(22)23)2-3-15(16)25-12-14(21)11-18-6-4-17(5-7-18)8-9-20/h2-3,10,14,20-21H,4-9,11-12H2,1H3. The van der Waals surface area contributed by atoms with Crippen LogP contribution in [0.2, 0.25) is 0 Å². The van der Waals surface area contributed by atoms with Crippen molar-refractivity contribution in [2.24, 2.45) is 0 Å². The molecule has 0 aromatic heterocycles. The summed E-state index contributed by atoms with van der Waals surface area (Å²) in [6.45, 7) is 4.80. The first-order valence-corrected chi connectivity index (χ1v) is 8.22. The van der Waals surface area contributed by atoms with Gasteiger partial charge in [0, 0.05) is 45.3 Å². The third-order valence-corrected chi connectivity index (χ3v) is 4.14. The van der Waals surface area contributed by atoms with Gasteiger partial charge >= 0.3 is 0 Å². The number of hydrogen-bond acceptors (Lipinski definition) is 8. The Balaban J connectivity index is 1.80. The van der Waals surface area contributed by atoms with E-state index in [1.807, 2.05) is 0 Å². The molecular formula is C16H25N3O6. The number of rotatable bonds is 9. The summed E-state index contributed by atoms with van der Waals surface area (Å²) in [6.07, 6.45) is -0.677. The Hall–Kier alpha value is -1.94. The van der Waals surface area contributed by atoms with E-state index in [-0.39, 0.29) is 24.7 Å². The van der Waals surface area contributed by atoms with Crippen molar-refractivity contribution in [3.05, 3.63) is 28.3 Å². The third kappa shape index (κ3) is 5.82. The summed E-state index contributed by atoms with van der Waals surface area (Å²) < 4.78 is 10.7. The van der Waals surface area contributed by atoms with Gasteiger partial charge in [-0.2, -0.15) is 0 Å². The van der Waals surface area contributed by atoms with Gasteiger partial charge in [-0.1, -0.05) is 0 Å². The largest absolute Gasteiger partial charge is 0.493 e. The molecular weight excluding hydrogens is 330 g/mol. The lowest BCUT2D eigenvalue weighted by molar-refractivity contribution is -0.385. The van der Waals surface area contributed by atoms with Gasteiger partial charge in [0.2, 0.25) is 0 Å². The molecule has 2 rings (SSSR count). The lowest BCUT2D eigenvalue weighted by Gasteiger charge is -2.35. The number of hydrogen-bond donors (Lipinski definition) is 2. The second-order valence-electron chi connectivity index (χ2n) is 5.92. The number of piperazine rings is 1. The maximum atomic E-state index is 10.8. The minimum absolute atomic E-state index is 0.0744. The fourth-order valence-electron chi connectivity index (χ4n) is 2.76. The maximum absolute atomic E-state index is 10.8. The van der Waals surface area contributed by atoms with Crippen LogP contribution in [0.25, 0.3) is 0 Å². The van der Waals surface area contributed by atoms with Gasteiger partial charge in [-0.3, -0.25) is 19.9 Å². The summed E-state index contributed by atoms with van der Waals surface area (Å²) in [5.41, 5.74) is -0.0782. The summed E-state index contributed by atoms with van der Waals surface area (Å²) >= 11 is 0. The normalized spacial score (nSPS) is 17.2. The summed E-state index contributed by atoms with van der Waals surface area (Å²) in [6, 6.07) is 4.10. The van der Waals surface area contributed by atoms with Crippen LogP contribution in [0, 0.1) is 10.1 Å². The van der Waals surface area contributed by atoms with E-state index in [0.717, 1.165) is 26.2 Å². The van der Waals surface area contributed by atoms with Crippen molar-refractivity contribution < 1.29 is 24.6 Å². The molecule has 1 aromatic rings. The number of aliphatic hydroxyl groups is 2. The summed E-state index contributed by atoms with van der Waals surface area (Å²) in [7, 11) is 1.41. The van der Waals surface area contributed by atoms with E-state index in [4.69, 9.17) is 14.6 Å². The predicted molar refractivity (Wildman–Crippen MR) is 91.1 cm³/mol. The van der Waals surface area contributed by atoms with Crippen molar-refractivity contribution in [3.8, 4) is 11.5 Å². The van der Waals surface area contributed by atoms with Gasteiger partial charge < -0.3 is 19.7 Å². The van der Waals surface area contributed by atoms with E-state index in [0.29, 0.717) is 18.8 Å². The van der Waals surface area contributed by atoms with Crippen molar-refractivity contribution in [1.29, 1.82) is 0 Å². The number of β-amino-alcohol motifs (C(OH)–C–C–N with tert-alkyl or cyclic N) is 2. The van der Waals surface area contributed by atoms with Crippen LogP contribution >= 0.6 is 0 Å². The lowest BCUT2D eigenvalue weighted by Crippen LogP contribution is -2.49. The van der Waals surface area contributed by atoms with Crippen LogP contribution in [-0.4, -0.2) is 90.6 Å². The fraction of sp³-hybridized carbons (Fsp3) is 0.625. The smallest absolute Gasteiger partial charge is 0.273 e. The Morgan fingerprint density at radius 1 is 1.24 bits per heavy atom. The first-order chi connectivity index (χ1) is 12.0. The highest BCUT2D eigenvalue weighted by Crippen LogP contribution is 2.31. The quantitative estimate of drug-likeness (QED) is 0.469. The molecule has 1 aliphatic rings. The Morgan fingerprint density at radius 2 is 1.92 bits per heavy atom. The van der Waals surface area contributed by atoms with Crippen molar-refractivity contribution >= 4 is 5.69 Å². The van der Waals surface area contributed by atoms with Crippen LogP contribution < -0.4 is 9.47 Å². The molecule has 9 heteroatoms. The van der Waals surface area contributed by atoms with E-state index in [2.05, 4.69) is 9.80 Å². The molecule has 1 saturated heterocycles. The first-order valence-electron chi connectivity index (χ1n) is 8.22. The second-order valence-corrected chi connectivity index (χ2v) is 5.92. The van der Waals surface area contributed by atoms with E-state index in [9.17, 15) is 15.2 Å². The summed E-state index contributed by atoms with van der Waals surface area (Å²) in [5, 5.41) is 29.9. The zero-order valence-corrected chi connectivity index (χ0v) is 14.3. The molecule has 25 heavy (non-hydrogen) atoms. The molecule has 1 aromatic carbocycles. The number of nitro groups is 1. The number of aliphatic hydroxyl groups excluding tert-OH is 2. The van der Waals surface area contributed by atoms with Crippen molar-refractivity contribution in [1.82, 2.24) is 9.80 Å². The highest BCUT2D eigenvalue weighted by atomic mass is 16.6. The van der Waals surface area contributed by atoms with Gasteiger partial charge in [0.05, 0.1) is 24.7 Å². The van der Waals surface area contributed by atoms with Crippen LogP contribution in [0.3, 0.4) is 0 Å². The third-order valence-electron chi connectivity index (χ3n) is 4.14.